The van der Waals surface area contributed by atoms with E-state index in [0.29, 0.717) is 5.69 Å². The highest BCUT2D eigenvalue weighted by Gasteiger charge is 2.22. The zero-order valence-corrected chi connectivity index (χ0v) is 12.1. The SMILES string of the molecule is C=C1CCN(C(=O)c2csc(-c3cccs3)n2)CC1. The van der Waals surface area contributed by atoms with Crippen LogP contribution in [-0.2, 0) is 0 Å². The molecule has 1 fully saturated rings. The summed E-state index contributed by atoms with van der Waals surface area (Å²) < 4.78 is 0. The van der Waals surface area contributed by atoms with E-state index in [4.69, 9.17) is 0 Å². The van der Waals surface area contributed by atoms with Crippen molar-refractivity contribution in [3.8, 4) is 9.88 Å². The summed E-state index contributed by atoms with van der Waals surface area (Å²) in [4.78, 5) is 19.8. The lowest BCUT2D eigenvalue weighted by Crippen LogP contribution is -2.36. The van der Waals surface area contributed by atoms with Gasteiger partial charge in [0.05, 0.1) is 4.88 Å². The fourth-order valence-electron chi connectivity index (χ4n) is 2.07. The molecule has 3 rings (SSSR count). The van der Waals surface area contributed by atoms with E-state index in [2.05, 4.69) is 11.6 Å². The molecule has 0 aliphatic carbocycles. The van der Waals surface area contributed by atoms with Crippen LogP contribution in [0.5, 0.6) is 0 Å². The fraction of sp³-hybridized carbons (Fsp3) is 0.286. The summed E-state index contributed by atoms with van der Waals surface area (Å²) in [6.07, 6.45) is 1.82. The third-order valence-electron chi connectivity index (χ3n) is 3.21. The molecule has 1 saturated heterocycles. The number of piperidine rings is 1. The Bertz CT molecular complexity index is 591. The van der Waals surface area contributed by atoms with Crippen molar-refractivity contribution >= 4 is 28.6 Å². The minimum Gasteiger partial charge on any atom is -0.337 e. The van der Waals surface area contributed by atoms with Crippen LogP contribution in [0.15, 0.2) is 35.0 Å². The Morgan fingerprint density at radius 2 is 2.11 bits per heavy atom. The second kappa shape index (κ2) is 5.27. The highest BCUT2D eigenvalue weighted by atomic mass is 32.1. The highest BCUT2D eigenvalue weighted by Crippen LogP contribution is 2.28. The number of carbonyl (C=O) groups is 1. The smallest absolute Gasteiger partial charge is 0.273 e. The van der Waals surface area contributed by atoms with Gasteiger partial charge >= 0.3 is 0 Å². The second-order valence-electron chi connectivity index (χ2n) is 4.56. The van der Waals surface area contributed by atoms with Crippen LogP contribution in [0.25, 0.3) is 9.88 Å². The van der Waals surface area contributed by atoms with Gasteiger partial charge in [-0.25, -0.2) is 4.98 Å². The Morgan fingerprint density at radius 3 is 2.79 bits per heavy atom. The summed E-state index contributed by atoms with van der Waals surface area (Å²) in [6.45, 7) is 5.50. The van der Waals surface area contributed by atoms with Gasteiger partial charge in [0, 0.05) is 18.5 Å². The van der Waals surface area contributed by atoms with Crippen LogP contribution in [0.3, 0.4) is 0 Å². The van der Waals surface area contributed by atoms with Crippen molar-refractivity contribution in [1.29, 1.82) is 0 Å². The molecule has 2 aromatic heterocycles. The molecule has 98 valence electrons. The lowest BCUT2D eigenvalue weighted by atomic mass is 10.1. The van der Waals surface area contributed by atoms with E-state index in [1.807, 2.05) is 27.8 Å². The largest absolute Gasteiger partial charge is 0.337 e. The minimum atomic E-state index is 0.0477. The highest BCUT2D eigenvalue weighted by molar-refractivity contribution is 7.20. The van der Waals surface area contributed by atoms with Crippen LogP contribution >= 0.6 is 22.7 Å². The van der Waals surface area contributed by atoms with Crippen molar-refractivity contribution in [1.82, 2.24) is 9.88 Å². The molecule has 1 aliphatic rings. The molecule has 0 spiro atoms. The van der Waals surface area contributed by atoms with Crippen LogP contribution in [0.4, 0.5) is 0 Å². The third-order valence-corrected chi connectivity index (χ3v) is 5.09. The van der Waals surface area contributed by atoms with Gasteiger partial charge in [0.15, 0.2) is 0 Å². The zero-order valence-electron chi connectivity index (χ0n) is 10.5. The van der Waals surface area contributed by atoms with Gasteiger partial charge in [-0.1, -0.05) is 18.2 Å². The molecular weight excluding hydrogens is 276 g/mol. The maximum Gasteiger partial charge on any atom is 0.273 e. The Morgan fingerprint density at radius 1 is 1.32 bits per heavy atom. The topological polar surface area (TPSA) is 33.2 Å². The minimum absolute atomic E-state index is 0.0477. The number of carbonyl (C=O) groups excluding carboxylic acids is 1. The van der Waals surface area contributed by atoms with Gasteiger partial charge < -0.3 is 4.90 Å². The number of amides is 1. The van der Waals surface area contributed by atoms with Crippen LogP contribution in [0.2, 0.25) is 0 Å². The number of hydrogen-bond acceptors (Lipinski definition) is 4. The summed E-state index contributed by atoms with van der Waals surface area (Å²) in [5.41, 5.74) is 1.81. The number of aromatic nitrogens is 1. The summed E-state index contributed by atoms with van der Waals surface area (Å²) in [5.74, 6) is 0.0477. The molecule has 3 heterocycles. The molecule has 2 aromatic rings. The van der Waals surface area contributed by atoms with Crippen molar-refractivity contribution in [3.63, 3.8) is 0 Å². The molecular formula is C14H14N2OS2. The maximum atomic E-state index is 12.3. The Labute approximate surface area is 120 Å². The van der Waals surface area contributed by atoms with E-state index in [1.165, 1.54) is 16.9 Å². The molecule has 0 N–H and O–H groups in total. The zero-order chi connectivity index (χ0) is 13.2. The van der Waals surface area contributed by atoms with Gasteiger partial charge in [0.25, 0.3) is 5.91 Å². The average Bonchev–Trinajstić information content (AvgIpc) is 3.10. The molecule has 1 amide bonds. The number of nitrogens with zero attached hydrogens (tertiary/aromatic N) is 2. The number of rotatable bonds is 2. The first-order valence-electron chi connectivity index (χ1n) is 6.19. The van der Waals surface area contributed by atoms with Gasteiger partial charge in [-0.05, 0) is 24.3 Å². The first-order chi connectivity index (χ1) is 9.24. The molecule has 0 bridgehead atoms. The van der Waals surface area contributed by atoms with Gasteiger partial charge in [-0.15, -0.1) is 22.7 Å². The number of hydrogen-bond donors (Lipinski definition) is 0. The van der Waals surface area contributed by atoms with Crippen molar-refractivity contribution in [3.05, 3.63) is 40.7 Å². The molecule has 1 aliphatic heterocycles. The third kappa shape index (κ3) is 2.62. The van der Waals surface area contributed by atoms with Gasteiger partial charge in [-0.3, -0.25) is 4.79 Å². The maximum absolute atomic E-state index is 12.3. The van der Waals surface area contributed by atoms with Crippen LogP contribution in [0, 0.1) is 0 Å². The average molecular weight is 290 g/mol. The summed E-state index contributed by atoms with van der Waals surface area (Å²) >= 11 is 3.18. The van der Waals surface area contributed by atoms with Gasteiger partial charge in [0.1, 0.15) is 10.7 Å². The van der Waals surface area contributed by atoms with E-state index in [0.717, 1.165) is 35.8 Å². The predicted molar refractivity (Wildman–Crippen MR) is 79.7 cm³/mol. The fourth-order valence-corrected chi connectivity index (χ4v) is 3.68. The van der Waals surface area contributed by atoms with E-state index >= 15 is 0 Å². The molecule has 0 atom stereocenters. The van der Waals surface area contributed by atoms with E-state index in [9.17, 15) is 4.79 Å². The molecule has 5 heteroatoms. The van der Waals surface area contributed by atoms with Gasteiger partial charge in [-0.2, -0.15) is 0 Å². The molecule has 19 heavy (non-hydrogen) atoms. The number of thiophene rings is 1. The molecule has 3 nitrogen and oxygen atoms in total. The predicted octanol–water partition coefficient (Wildman–Crippen LogP) is 3.66. The standard InChI is InChI=1S/C14H14N2OS2/c1-10-4-6-16(7-5-10)14(17)11-9-19-13(15-11)12-3-2-8-18-12/h2-3,8-9H,1,4-7H2. The lowest BCUT2D eigenvalue weighted by Gasteiger charge is -2.27. The summed E-state index contributed by atoms with van der Waals surface area (Å²) in [6, 6.07) is 4.03. The number of likely N-dealkylation sites (tertiary alicyclic amines) is 1. The second-order valence-corrected chi connectivity index (χ2v) is 6.36. The van der Waals surface area contributed by atoms with Crippen molar-refractivity contribution < 1.29 is 4.79 Å². The monoisotopic (exact) mass is 290 g/mol. The molecule has 0 unspecified atom stereocenters. The Kier molecular flexibility index (Phi) is 3.48. The normalized spacial score (nSPS) is 15.8. The molecule has 0 radical (unpaired) electrons. The van der Waals surface area contributed by atoms with E-state index < -0.39 is 0 Å². The van der Waals surface area contributed by atoms with Gasteiger partial charge in [0.2, 0.25) is 0 Å². The van der Waals surface area contributed by atoms with Crippen molar-refractivity contribution in [2.45, 2.75) is 12.8 Å². The molecule has 0 saturated carbocycles. The summed E-state index contributed by atoms with van der Waals surface area (Å²) in [7, 11) is 0. The van der Waals surface area contributed by atoms with E-state index in [-0.39, 0.29) is 5.91 Å². The number of thiazole rings is 1. The summed E-state index contributed by atoms with van der Waals surface area (Å²) in [5, 5.41) is 4.81. The quantitative estimate of drug-likeness (QED) is 0.791. The van der Waals surface area contributed by atoms with Crippen LogP contribution in [-0.4, -0.2) is 28.9 Å². The lowest BCUT2D eigenvalue weighted by molar-refractivity contribution is 0.0739. The molecule has 0 aromatic carbocycles. The van der Waals surface area contributed by atoms with Crippen LogP contribution in [0.1, 0.15) is 23.3 Å². The van der Waals surface area contributed by atoms with Crippen molar-refractivity contribution in [2.24, 2.45) is 0 Å². The van der Waals surface area contributed by atoms with E-state index in [1.54, 1.807) is 11.3 Å². The first-order valence-corrected chi connectivity index (χ1v) is 7.95. The Hall–Kier alpha value is -1.46. The Balaban J connectivity index is 1.75. The van der Waals surface area contributed by atoms with Crippen LogP contribution < -0.4 is 0 Å². The first kappa shape index (κ1) is 12.6. The van der Waals surface area contributed by atoms with Crippen molar-refractivity contribution in [2.75, 3.05) is 13.1 Å².